The smallest absolute Gasteiger partial charge is 0.166 e. The van der Waals surface area contributed by atoms with Gasteiger partial charge in [0, 0.05) is 13.1 Å². The van der Waals surface area contributed by atoms with Crippen molar-refractivity contribution in [2.75, 3.05) is 32.9 Å². The summed E-state index contributed by atoms with van der Waals surface area (Å²) in [6.07, 6.45) is 2.45. The summed E-state index contributed by atoms with van der Waals surface area (Å²) >= 11 is 5.12. The maximum absolute atomic E-state index is 5.48. The molecule has 1 unspecified atom stereocenters. The average molecular weight is 232 g/mol. The molecule has 88 valence electrons. The van der Waals surface area contributed by atoms with Gasteiger partial charge in [0.25, 0.3) is 0 Å². The molecule has 0 aromatic heterocycles. The van der Waals surface area contributed by atoms with Crippen LogP contribution in [0.25, 0.3) is 0 Å². The van der Waals surface area contributed by atoms with Crippen LogP contribution in [0.5, 0.6) is 0 Å². The monoisotopic (exact) mass is 232 g/mol. The fourth-order valence-electron chi connectivity index (χ4n) is 1.30. The van der Waals surface area contributed by atoms with E-state index in [-0.39, 0.29) is 6.10 Å². The zero-order chi connectivity index (χ0) is 10.9. The van der Waals surface area contributed by atoms with Gasteiger partial charge in [-0.1, -0.05) is 13.3 Å². The first-order valence-corrected chi connectivity index (χ1v) is 5.94. The fourth-order valence-corrected chi connectivity index (χ4v) is 1.49. The molecule has 0 spiro atoms. The molecule has 15 heavy (non-hydrogen) atoms. The third-order valence-electron chi connectivity index (χ3n) is 2.19. The van der Waals surface area contributed by atoms with E-state index in [0.717, 1.165) is 19.5 Å². The maximum atomic E-state index is 5.48. The van der Waals surface area contributed by atoms with Crippen LogP contribution in [0.4, 0.5) is 0 Å². The summed E-state index contributed by atoms with van der Waals surface area (Å²) in [5.74, 6) is 0. The molecule has 5 heteroatoms. The SMILES string of the molecule is CCCCNC(=S)NCC1COCCO1. The Labute approximate surface area is 96.7 Å². The second kappa shape index (κ2) is 7.84. The van der Waals surface area contributed by atoms with Crippen molar-refractivity contribution in [3.63, 3.8) is 0 Å². The van der Waals surface area contributed by atoms with E-state index in [1.807, 2.05) is 0 Å². The second-order valence-electron chi connectivity index (χ2n) is 3.56. The summed E-state index contributed by atoms with van der Waals surface area (Å²) in [7, 11) is 0. The Morgan fingerprint density at radius 3 is 2.93 bits per heavy atom. The van der Waals surface area contributed by atoms with Gasteiger partial charge in [0.15, 0.2) is 5.11 Å². The number of hydrogen-bond acceptors (Lipinski definition) is 3. The van der Waals surface area contributed by atoms with Crippen molar-refractivity contribution in [2.45, 2.75) is 25.9 Å². The van der Waals surface area contributed by atoms with Gasteiger partial charge in [-0.25, -0.2) is 0 Å². The van der Waals surface area contributed by atoms with E-state index in [1.165, 1.54) is 6.42 Å². The summed E-state index contributed by atoms with van der Waals surface area (Å²) < 4.78 is 10.8. The van der Waals surface area contributed by atoms with Gasteiger partial charge in [0.2, 0.25) is 0 Å². The van der Waals surface area contributed by atoms with Crippen LogP contribution in [0.3, 0.4) is 0 Å². The molecule has 0 saturated carbocycles. The molecule has 4 nitrogen and oxygen atoms in total. The van der Waals surface area contributed by atoms with Crippen molar-refractivity contribution >= 4 is 17.3 Å². The number of rotatable bonds is 5. The molecule has 0 bridgehead atoms. The minimum absolute atomic E-state index is 0.129. The fraction of sp³-hybridized carbons (Fsp3) is 0.900. The second-order valence-corrected chi connectivity index (χ2v) is 3.97. The Morgan fingerprint density at radius 2 is 2.27 bits per heavy atom. The third kappa shape index (κ3) is 5.92. The molecule has 1 atom stereocenters. The van der Waals surface area contributed by atoms with E-state index in [0.29, 0.717) is 24.9 Å². The Balaban J connectivity index is 2.00. The van der Waals surface area contributed by atoms with Gasteiger partial charge in [-0.3, -0.25) is 0 Å². The zero-order valence-electron chi connectivity index (χ0n) is 9.25. The zero-order valence-corrected chi connectivity index (χ0v) is 10.1. The first-order valence-electron chi connectivity index (χ1n) is 5.54. The van der Waals surface area contributed by atoms with Crippen molar-refractivity contribution in [3.05, 3.63) is 0 Å². The Bertz CT molecular complexity index is 184. The molecule has 1 fully saturated rings. The lowest BCUT2D eigenvalue weighted by atomic mass is 10.3. The van der Waals surface area contributed by atoms with Crippen LogP contribution < -0.4 is 10.6 Å². The van der Waals surface area contributed by atoms with Crippen LogP contribution in [0.1, 0.15) is 19.8 Å². The highest BCUT2D eigenvalue weighted by Crippen LogP contribution is 1.98. The van der Waals surface area contributed by atoms with Gasteiger partial charge in [0.05, 0.1) is 25.9 Å². The first kappa shape index (κ1) is 12.7. The predicted octanol–water partition coefficient (Wildman–Crippen LogP) is 0.666. The molecular formula is C10H20N2O2S. The van der Waals surface area contributed by atoms with Gasteiger partial charge in [-0.15, -0.1) is 0 Å². The standard InChI is InChI=1S/C10H20N2O2S/c1-2-3-4-11-10(15)12-7-9-8-13-5-6-14-9/h9H,2-8H2,1H3,(H2,11,12,15). The molecule has 1 saturated heterocycles. The number of unbranched alkanes of at least 4 members (excludes halogenated alkanes) is 1. The molecule has 1 heterocycles. The highest BCUT2D eigenvalue weighted by Gasteiger charge is 2.13. The van der Waals surface area contributed by atoms with E-state index in [9.17, 15) is 0 Å². The summed E-state index contributed by atoms with van der Waals surface area (Å²) in [6, 6.07) is 0. The van der Waals surface area contributed by atoms with Crippen molar-refractivity contribution in [2.24, 2.45) is 0 Å². The van der Waals surface area contributed by atoms with Crippen LogP contribution in [0.2, 0.25) is 0 Å². The predicted molar refractivity (Wildman–Crippen MR) is 64.1 cm³/mol. The number of ether oxygens (including phenoxy) is 2. The van der Waals surface area contributed by atoms with E-state index in [4.69, 9.17) is 21.7 Å². The van der Waals surface area contributed by atoms with Gasteiger partial charge in [0.1, 0.15) is 0 Å². The van der Waals surface area contributed by atoms with Crippen LogP contribution in [0, 0.1) is 0 Å². The molecule has 1 rings (SSSR count). The Morgan fingerprint density at radius 1 is 1.40 bits per heavy atom. The molecule has 0 radical (unpaired) electrons. The summed E-state index contributed by atoms with van der Waals surface area (Å²) in [5, 5.41) is 6.98. The number of hydrogen-bond donors (Lipinski definition) is 2. The van der Waals surface area contributed by atoms with Crippen molar-refractivity contribution < 1.29 is 9.47 Å². The maximum Gasteiger partial charge on any atom is 0.166 e. The Hall–Kier alpha value is -0.390. The lowest BCUT2D eigenvalue weighted by Gasteiger charge is -2.23. The normalized spacial score (nSPS) is 21.0. The highest BCUT2D eigenvalue weighted by molar-refractivity contribution is 7.80. The molecular weight excluding hydrogens is 212 g/mol. The summed E-state index contributed by atoms with van der Waals surface area (Å²) in [5.41, 5.74) is 0. The van der Waals surface area contributed by atoms with Crippen molar-refractivity contribution in [1.29, 1.82) is 0 Å². The molecule has 0 aromatic carbocycles. The van der Waals surface area contributed by atoms with Crippen LogP contribution in [0.15, 0.2) is 0 Å². The lowest BCUT2D eigenvalue weighted by Crippen LogP contribution is -2.43. The van der Waals surface area contributed by atoms with Gasteiger partial charge >= 0.3 is 0 Å². The van der Waals surface area contributed by atoms with E-state index >= 15 is 0 Å². The van der Waals surface area contributed by atoms with Crippen LogP contribution in [-0.4, -0.2) is 44.1 Å². The number of thiocarbonyl (C=S) groups is 1. The van der Waals surface area contributed by atoms with Gasteiger partial charge in [-0.2, -0.15) is 0 Å². The van der Waals surface area contributed by atoms with E-state index < -0.39 is 0 Å². The molecule has 0 aliphatic carbocycles. The first-order chi connectivity index (χ1) is 7.33. The minimum Gasteiger partial charge on any atom is -0.376 e. The highest BCUT2D eigenvalue weighted by atomic mass is 32.1. The van der Waals surface area contributed by atoms with Crippen LogP contribution >= 0.6 is 12.2 Å². The van der Waals surface area contributed by atoms with Crippen LogP contribution in [-0.2, 0) is 9.47 Å². The van der Waals surface area contributed by atoms with Crippen molar-refractivity contribution in [3.8, 4) is 0 Å². The molecule has 0 aromatic rings. The molecule has 1 aliphatic rings. The summed E-state index contributed by atoms with van der Waals surface area (Å²) in [6.45, 7) is 5.86. The van der Waals surface area contributed by atoms with Gasteiger partial charge in [-0.05, 0) is 18.6 Å². The molecule has 0 amide bonds. The topological polar surface area (TPSA) is 42.5 Å². The molecule has 2 N–H and O–H groups in total. The summed E-state index contributed by atoms with van der Waals surface area (Å²) in [4.78, 5) is 0. The van der Waals surface area contributed by atoms with Crippen molar-refractivity contribution in [1.82, 2.24) is 10.6 Å². The number of nitrogens with one attached hydrogen (secondary N) is 2. The van der Waals surface area contributed by atoms with E-state index in [2.05, 4.69) is 17.6 Å². The van der Waals surface area contributed by atoms with E-state index in [1.54, 1.807) is 0 Å². The largest absolute Gasteiger partial charge is 0.376 e. The average Bonchev–Trinajstić information content (AvgIpc) is 2.28. The third-order valence-corrected chi connectivity index (χ3v) is 2.48. The quantitative estimate of drug-likeness (QED) is 0.538. The Kier molecular flexibility index (Phi) is 6.63. The minimum atomic E-state index is 0.129. The lowest BCUT2D eigenvalue weighted by molar-refractivity contribution is -0.0849. The van der Waals surface area contributed by atoms with Gasteiger partial charge < -0.3 is 20.1 Å². The molecule has 1 aliphatic heterocycles.